The Morgan fingerprint density at radius 1 is 1.42 bits per heavy atom. The Labute approximate surface area is 73.2 Å². The molecule has 12 heavy (non-hydrogen) atoms. The van der Waals surface area contributed by atoms with Crippen LogP contribution in [0.15, 0.2) is 6.20 Å². The number of aryl methyl sites for hydroxylation is 1. The third-order valence-corrected chi connectivity index (χ3v) is 1.78. The molecule has 1 N–H and O–H groups in total. The van der Waals surface area contributed by atoms with Crippen LogP contribution in [0.5, 0.6) is 0 Å². The lowest BCUT2D eigenvalue weighted by molar-refractivity contribution is 0.804. The molecule has 0 saturated carbocycles. The van der Waals surface area contributed by atoms with Gasteiger partial charge in [0.05, 0.1) is 5.69 Å². The fraction of sp³-hybridized carbons (Fsp3) is 0.556. The Kier molecular flexibility index (Phi) is 2.63. The van der Waals surface area contributed by atoms with Crippen LogP contribution in [0.3, 0.4) is 0 Å². The predicted molar refractivity (Wildman–Crippen MR) is 50.4 cm³/mol. The molecule has 0 unspecified atom stereocenters. The van der Waals surface area contributed by atoms with Gasteiger partial charge in [0.1, 0.15) is 0 Å². The lowest BCUT2D eigenvalue weighted by Gasteiger charge is -2.08. The van der Waals surface area contributed by atoms with Crippen LogP contribution in [0.4, 0.5) is 5.95 Å². The van der Waals surface area contributed by atoms with Crippen molar-refractivity contribution in [1.29, 1.82) is 0 Å². The third-order valence-electron chi connectivity index (χ3n) is 1.78. The predicted octanol–water partition coefficient (Wildman–Crippen LogP) is 1.95. The molecule has 1 heterocycles. The molecule has 0 aliphatic heterocycles. The van der Waals surface area contributed by atoms with Gasteiger partial charge >= 0.3 is 0 Å². The van der Waals surface area contributed by atoms with Crippen molar-refractivity contribution >= 4 is 5.95 Å². The number of rotatable bonds is 2. The van der Waals surface area contributed by atoms with Gasteiger partial charge in [-0.05, 0) is 18.4 Å². The second-order valence-electron chi connectivity index (χ2n) is 3.17. The minimum atomic E-state index is 0.458. The van der Waals surface area contributed by atoms with E-state index in [1.807, 2.05) is 20.2 Å². The highest BCUT2D eigenvalue weighted by Gasteiger charge is 2.05. The van der Waals surface area contributed by atoms with Gasteiger partial charge in [-0.1, -0.05) is 13.8 Å². The molecule has 0 amide bonds. The first-order chi connectivity index (χ1) is 5.65. The standard InChI is InChI=1S/C9H15N3/c1-6(2)8-7(3)5-11-9(10-4)12-8/h5-6H,1-4H3,(H,10,11,12). The Morgan fingerprint density at radius 2 is 2.08 bits per heavy atom. The summed E-state index contributed by atoms with van der Waals surface area (Å²) in [5.74, 6) is 1.16. The molecule has 0 aliphatic rings. The summed E-state index contributed by atoms with van der Waals surface area (Å²) in [7, 11) is 1.83. The molecule has 3 nitrogen and oxygen atoms in total. The number of anilines is 1. The Morgan fingerprint density at radius 3 is 2.58 bits per heavy atom. The average molecular weight is 165 g/mol. The molecule has 0 atom stereocenters. The van der Waals surface area contributed by atoms with Crippen LogP contribution in [0.25, 0.3) is 0 Å². The average Bonchev–Trinajstić information content (AvgIpc) is 2.05. The van der Waals surface area contributed by atoms with E-state index >= 15 is 0 Å². The molecule has 1 aromatic rings. The minimum absolute atomic E-state index is 0.458. The van der Waals surface area contributed by atoms with Crippen molar-refractivity contribution < 1.29 is 0 Å². The Hall–Kier alpha value is -1.12. The minimum Gasteiger partial charge on any atom is -0.357 e. The second kappa shape index (κ2) is 3.52. The first-order valence-corrected chi connectivity index (χ1v) is 4.16. The van der Waals surface area contributed by atoms with E-state index in [-0.39, 0.29) is 0 Å². The van der Waals surface area contributed by atoms with E-state index < -0.39 is 0 Å². The number of nitrogens with zero attached hydrogens (tertiary/aromatic N) is 2. The van der Waals surface area contributed by atoms with Gasteiger partial charge in [0.15, 0.2) is 0 Å². The first kappa shape index (κ1) is 8.97. The molecule has 0 saturated heterocycles. The van der Waals surface area contributed by atoms with Gasteiger partial charge in [0.25, 0.3) is 0 Å². The quantitative estimate of drug-likeness (QED) is 0.727. The van der Waals surface area contributed by atoms with E-state index in [4.69, 9.17) is 0 Å². The maximum absolute atomic E-state index is 4.37. The van der Waals surface area contributed by atoms with E-state index in [1.165, 1.54) is 0 Å². The van der Waals surface area contributed by atoms with Crippen LogP contribution in [-0.2, 0) is 0 Å². The zero-order chi connectivity index (χ0) is 9.14. The van der Waals surface area contributed by atoms with Crippen molar-refractivity contribution in [2.45, 2.75) is 26.7 Å². The highest BCUT2D eigenvalue weighted by Crippen LogP contribution is 2.16. The zero-order valence-electron chi connectivity index (χ0n) is 8.05. The Balaban J connectivity index is 3.08. The lowest BCUT2D eigenvalue weighted by atomic mass is 10.1. The molecule has 1 rings (SSSR count). The van der Waals surface area contributed by atoms with Crippen LogP contribution in [0.1, 0.15) is 31.0 Å². The molecule has 0 aromatic carbocycles. The highest BCUT2D eigenvalue weighted by molar-refractivity contribution is 5.29. The van der Waals surface area contributed by atoms with Gasteiger partial charge in [-0.25, -0.2) is 9.97 Å². The summed E-state index contributed by atoms with van der Waals surface area (Å²) in [5, 5.41) is 2.93. The molecule has 0 aliphatic carbocycles. The van der Waals surface area contributed by atoms with Crippen molar-refractivity contribution in [2.24, 2.45) is 0 Å². The molecule has 0 bridgehead atoms. The van der Waals surface area contributed by atoms with Crippen molar-refractivity contribution in [3.63, 3.8) is 0 Å². The summed E-state index contributed by atoms with van der Waals surface area (Å²) in [5.41, 5.74) is 2.28. The van der Waals surface area contributed by atoms with Crippen molar-refractivity contribution in [3.05, 3.63) is 17.5 Å². The highest BCUT2D eigenvalue weighted by atomic mass is 15.1. The van der Waals surface area contributed by atoms with Gasteiger partial charge in [0, 0.05) is 13.2 Å². The van der Waals surface area contributed by atoms with E-state index in [9.17, 15) is 0 Å². The monoisotopic (exact) mass is 165 g/mol. The van der Waals surface area contributed by atoms with E-state index in [0.717, 1.165) is 11.3 Å². The number of hydrogen-bond donors (Lipinski definition) is 1. The molecule has 0 spiro atoms. The number of hydrogen-bond acceptors (Lipinski definition) is 3. The van der Waals surface area contributed by atoms with E-state index in [2.05, 4.69) is 29.1 Å². The molecular formula is C9H15N3. The molecular weight excluding hydrogens is 150 g/mol. The topological polar surface area (TPSA) is 37.8 Å². The third kappa shape index (κ3) is 1.72. The van der Waals surface area contributed by atoms with Crippen LogP contribution >= 0.6 is 0 Å². The van der Waals surface area contributed by atoms with Gasteiger partial charge in [-0.3, -0.25) is 0 Å². The van der Waals surface area contributed by atoms with Gasteiger partial charge < -0.3 is 5.32 Å². The summed E-state index contributed by atoms with van der Waals surface area (Å²) in [6, 6.07) is 0. The largest absolute Gasteiger partial charge is 0.357 e. The molecule has 3 heteroatoms. The van der Waals surface area contributed by atoms with E-state index in [1.54, 1.807) is 0 Å². The fourth-order valence-electron chi connectivity index (χ4n) is 1.16. The zero-order valence-corrected chi connectivity index (χ0v) is 8.05. The lowest BCUT2D eigenvalue weighted by Crippen LogP contribution is -2.03. The maximum Gasteiger partial charge on any atom is 0.222 e. The fourth-order valence-corrected chi connectivity index (χ4v) is 1.16. The maximum atomic E-state index is 4.37. The smallest absolute Gasteiger partial charge is 0.222 e. The van der Waals surface area contributed by atoms with E-state index in [0.29, 0.717) is 11.9 Å². The second-order valence-corrected chi connectivity index (χ2v) is 3.17. The Bertz CT molecular complexity index is 268. The van der Waals surface area contributed by atoms with Crippen molar-refractivity contribution in [3.8, 4) is 0 Å². The SMILES string of the molecule is CNc1ncc(C)c(C(C)C)n1. The summed E-state index contributed by atoms with van der Waals surface area (Å²) in [6.45, 7) is 6.30. The number of nitrogens with one attached hydrogen (secondary N) is 1. The van der Waals surface area contributed by atoms with Crippen LogP contribution in [0, 0.1) is 6.92 Å². The van der Waals surface area contributed by atoms with Crippen molar-refractivity contribution in [1.82, 2.24) is 9.97 Å². The summed E-state index contributed by atoms with van der Waals surface area (Å²) < 4.78 is 0. The summed E-state index contributed by atoms with van der Waals surface area (Å²) in [6.07, 6.45) is 1.86. The number of aromatic nitrogens is 2. The van der Waals surface area contributed by atoms with Crippen LogP contribution in [0.2, 0.25) is 0 Å². The normalized spacial score (nSPS) is 10.4. The van der Waals surface area contributed by atoms with Gasteiger partial charge in [-0.15, -0.1) is 0 Å². The molecule has 0 fully saturated rings. The van der Waals surface area contributed by atoms with Gasteiger partial charge in [0.2, 0.25) is 5.95 Å². The first-order valence-electron chi connectivity index (χ1n) is 4.16. The molecule has 1 aromatic heterocycles. The summed E-state index contributed by atoms with van der Waals surface area (Å²) >= 11 is 0. The van der Waals surface area contributed by atoms with Crippen LogP contribution < -0.4 is 5.32 Å². The summed E-state index contributed by atoms with van der Waals surface area (Å²) in [4.78, 5) is 8.49. The van der Waals surface area contributed by atoms with Crippen LogP contribution in [-0.4, -0.2) is 17.0 Å². The van der Waals surface area contributed by atoms with Gasteiger partial charge in [-0.2, -0.15) is 0 Å². The molecule has 66 valence electrons. The molecule has 0 radical (unpaired) electrons. The van der Waals surface area contributed by atoms with Crippen molar-refractivity contribution in [2.75, 3.05) is 12.4 Å².